The summed E-state index contributed by atoms with van der Waals surface area (Å²) < 4.78 is 5.43. The molecule has 0 saturated carbocycles. The number of amides is 1. The Balaban J connectivity index is 1.59. The largest absolute Gasteiger partial charge is 0.395 e. The highest BCUT2D eigenvalue weighted by molar-refractivity contribution is 5.83. The van der Waals surface area contributed by atoms with Crippen molar-refractivity contribution in [3.8, 4) is 0 Å². The van der Waals surface area contributed by atoms with Gasteiger partial charge >= 0.3 is 0 Å². The number of ether oxygens (including phenoxy) is 1. The van der Waals surface area contributed by atoms with Crippen LogP contribution in [0, 0.1) is 5.41 Å². The van der Waals surface area contributed by atoms with Gasteiger partial charge < -0.3 is 19.8 Å². The molecule has 3 saturated heterocycles. The van der Waals surface area contributed by atoms with Gasteiger partial charge in [-0.25, -0.2) is 0 Å². The highest BCUT2D eigenvalue weighted by atomic mass is 16.5. The lowest BCUT2D eigenvalue weighted by molar-refractivity contribution is -0.161. The Morgan fingerprint density at radius 3 is 2.39 bits per heavy atom. The Kier molecular flexibility index (Phi) is 5.74. The lowest BCUT2D eigenvalue weighted by Crippen LogP contribution is -2.63. The standard InChI is InChI=1S/C22H32N2O4/c25-17-21(9-14-28-15-10-21)20(26)24-13-8-22(27,18-6-2-1-3-7-18)19(16-24)23-11-4-5-12-23/h1-3,6-7,19,25,27H,4-5,8-17H2/t19-,22+/m1/s1. The molecule has 6 heteroatoms. The molecular formula is C22H32N2O4. The van der Waals surface area contributed by atoms with E-state index < -0.39 is 11.0 Å². The van der Waals surface area contributed by atoms with Crippen LogP contribution in [0.15, 0.2) is 30.3 Å². The maximum absolute atomic E-state index is 13.4. The van der Waals surface area contributed by atoms with Gasteiger partial charge in [0.25, 0.3) is 0 Å². The Morgan fingerprint density at radius 2 is 1.75 bits per heavy atom. The van der Waals surface area contributed by atoms with E-state index in [1.807, 2.05) is 35.2 Å². The average Bonchev–Trinajstić information content (AvgIpc) is 3.29. The third kappa shape index (κ3) is 3.47. The number of aliphatic hydroxyl groups is 2. The molecule has 3 heterocycles. The van der Waals surface area contributed by atoms with Crippen LogP contribution in [0.4, 0.5) is 0 Å². The van der Waals surface area contributed by atoms with Crippen LogP contribution >= 0.6 is 0 Å². The van der Waals surface area contributed by atoms with Crippen LogP contribution in [0.2, 0.25) is 0 Å². The van der Waals surface area contributed by atoms with E-state index in [0.717, 1.165) is 31.5 Å². The summed E-state index contributed by atoms with van der Waals surface area (Å²) in [5, 5.41) is 21.8. The van der Waals surface area contributed by atoms with Gasteiger partial charge in [0.1, 0.15) is 5.60 Å². The molecule has 2 atom stereocenters. The van der Waals surface area contributed by atoms with Gasteiger partial charge in [-0.15, -0.1) is 0 Å². The minimum Gasteiger partial charge on any atom is -0.395 e. The molecule has 28 heavy (non-hydrogen) atoms. The van der Waals surface area contributed by atoms with Gasteiger partial charge in [-0.2, -0.15) is 0 Å². The lowest BCUT2D eigenvalue weighted by Gasteiger charge is -2.50. The Bertz CT molecular complexity index is 670. The molecule has 4 rings (SSSR count). The number of carbonyl (C=O) groups is 1. The van der Waals surface area contributed by atoms with Gasteiger partial charge in [0, 0.05) is 26.3 Å². The summed E-state index contributed by atoms with van der Waals surface area (Å²) in [5.74, 6) is 0.0256. The number of rotatable bonds is 4. The molecule has 0 radical (unpaired) electrons. The van der Waals surface area contributed by atoms with E-state index in [1.165, 1.54) is 0 Å². The van der Waals surface area contributed by atoms with Crippen LogP contribution in [0.1, 0.15) is 37.7 Å². The molecule has 1 aromatic rings. The number of hydrogen-bond donors (Lipinski definition) is 2. The SMILES string of the molecule is O=C(N1CC[C@](O)(c2ccccc2)[C@H](N2CCCC2)C1)C1(CO)CCOCC1. The topological polar surface area (TPSA) is 73.2 Å². The number of carbonyl (C=O) groups excluding carboxylic acids is 1. The molecule has 0 aromatic heterocycles. The van der Waals surface area contributed by atoms with E-state index in [2.05, 4.69) is 4.90 Å². The number of piperidine rings is 1. The predicted octanol–water partition coefficient (Wildman–Crippen LogP) is 1.36. The molecule has 3 fully saturated rings. The van der Waals surface area contributed by atoms with Gasteiger partial charge in [0.05, 0.1) is 18.1 Å². The van der Waals surface area contributed by atoms with Crippen LogP contribution in [0.5, 0.6) is 0 Å². The molecule has 3 aliphatic heterocycles. The fourth-order valence-corrected chi connectivity index (χ4v) is 5.18. The van der Waals surface area contributed by atoms with Crippen LogP contribution in [-0.2, 0) is 15.1 Å². The summed E-state index contributed by atoms with van der Waals surface area (Å²) in [7, 11) is 0. The van der Waals surface area contributed by atoms with Crippen molar-refractivity contribution in [1.82, 2.24) is 9.80 Å². The fraction of sp³-hybridized carbons (Fsp3) is 0.682. The summed E-state index contributed by atoms with van der Waals surface area (Å²) in [6.45, 7) is 3.84. The summed E-state index contributed by atoms with van der Waals surface area (Å²) in [4.78, 5) is 17.7. The zero-order valence-corrected chi connectivity index (χ0v) is 16.6. The minimum atomic E-state index is -0.954. The molecule has 1 aromatic carbocycles. The summed E-state index contributed by atoms with van der Waals surface area (Å²) >= 11 is 0. The first-order valence-corrected chi connectivity index (χ1v) is 10.6. The van der Waals surface area contributed by atoms with Crippen molar-refractivity contribution >= 4 is 5.91 Å². The van der Waals surface area contributed by atoms with E-state index >= 15 is 0 Å². The van der Waals surface area contributed by atoms with Crippen LogP contribution < -0.4 is 0 Å². The maximum atomic E-state index is 13.4. The Labute approximate surface area is 167 Å². The summed E-state index contributed by atoms with van der Waals surface area (Å²) in [6, 6.07) is 9.77. The van der Waals surface area contributed by atoms with Crippen molar-refractivity contribution in [3.63, 3.8) is 0 Å². The second kappa shape index (κ2) is 8.11. The molecule has 3 aliphatic rings. The van der Waals surface area contributed by atoms with Crippen LogP contribution in [0.3, 0.4) is 0 Å². The molecule has 0 bridgehead atoms. The molecule has 0 unspecified atom stereocenters. The monoisotopic (exact) mass is 388 g/mol. The van der Waals surface area contributed by atoms with E-state index in [4.69, 9.17) is 4.74 Å². The van der Waals surface area contributed by atoms with Gasteiger partial charge in [-0.1, -0.05) is 30.3 Å². The normalized spacial score (nSPS) is 31.1. The fourth-order valence-electron chi connectivity index (χ4n) is 5.18. The van der Waals surface area contributed by atoms with Gasteiger partial charge in [-0.3, -0.25) is 9.69 Å². The molecule has 6 nitrogen and oxygen atoms in total. The number of benzene rings is 1. The molecule has 2 N–H and O–H groups in total. The van der Waals surface area contributed by atoms with E-state index in [-0.39, 0.29) is 18.6 Å². The quantitative estimate of drug-likeness (QED) is 0.815. The average molecular weight is 389 g/mol. The Hall–Kier alpha value is -1.47. The van der Waals surface area contributed by atoms with Crippen LogP contribution in [-0.4, -0.2) is 78.0 Å². The second-order valence-corrected chi connectivity index (χ2v) is 8.60. The summed E-state index contributed by atoms with van der Waals surface area (Å²) in [6.07, 6.45) is 3.91. The molecule has 154 valence electrons. The van der Waals surface area contributed by atoms with E-state index in [1.54, 1.807) is 0 Å². The molecule has 0 aliphatic carbocycles. The van der Waals surface area contributed by atoms with Gasteiger partial charge in [0.15, 0.2) is 0 Å². The van der Waals surface area contributed by atoms with Crippen molar-refractivity contribution in [2.75, 3.05) is 46.0 Å². The van der Waals surface area contributed by atoms with Crippen LogP contribution in [0.25, 0.3) is 0 Å². The second-order valence-electron chi connectivity index (χ2n) is 8.60. The van der Waals surface area contributed by atoms with Crippen molar-refractivity contribution in [3.05, 3.63) is 35.9 Å². The summed E-state index contributed by atoms with van der Waals surface area (Å²) in [5.41, 5.74) is -0.748. The van der Waals surface area contributed by atoms with Crippen molar-refractivity contribution in [2.24, 2.45) is 5.41 Å². The number of aliphatic hydroxyl groups excluding tert-OH is 1. The lowest BCUT2D eigenvalue weighted by atomic mass is 9.76. The minimum absolute atomic E-state index is 0.0256. The van der Waals surface area contributed by atoms with E-state index in [0.29, 0.717) is 45.6 Å². The van der Waals surface area contributed by atoms with Gasteiger partial charge in [0.2, 0.25) is 5.91 Å². The zero-order valence-electron chi connectivity index (χ0n) is 16.6. The number of likely N-dealkylation sites (tertiary alicyclic amines) is 2. The highest BCUT2D eigenvalue weighted by Crippen LogP contribution is 2.40. The molecular weight excluding hydrogens is 356 g/mol. The number of nitrogens with zero attached hydrogens (tertiary/aromatic N) is 2. The van der Waals surface area contributed by atoms with Crippen molar-refractivity contribution in [1.29, 1.82) is 0 Å². The smallest absolute Gasteiger partial charge is 0.231 e. The van der Waals surface area contributed by atoms with E-state index in [9.17, 15) is 15.0 Å². The first-order chi connectivity index (χ1) is 13.6. The molecule has 0 spiro atoms. The first-order valence-electron chi connectivity index (χ1n) is 10.6. The third-order valence-electron chi connectivity index (χ3n) is 7.06. The third-order valence-corrected chi connectivity index (χ3v) is 7.06. The van der Waals surface area contributed by atoms with Crippen molar-refractivity contribution in [2.45, 2.75) is 43.7 Å². The van der Waals surface area contributed by atoms with Gasteiger partial charge in [-0.05, 0) is 50.8 Å². The highest BCUT2D eigenvalue weighted by Gasteiger charge is 2.50. The zero-order chi connectivity index (χ0) is 19.6. The molecule has 1 amide bonds. The Morgan fingerprint density at radius 1 is 1.07 bits per heavy atom. The number of hydrogen-bond acceptors (Lipinski definition) is 5. The first kappa shape index (κ1) is 19.8. The maximum Gasteiger partial charge on any atom is 0.231 e. The van der Waals surface area contributed by atoms with Crippen molar-refractivity contribution < 1.29 is 19.7 Å². The predicted molar refractivity (Wildman–Crippen MR) is 106 cm³/mol.